The number of nitrogens with zero attached hydrogens (tertiary/aromatic N) is 1. The van der Waals surface area contributed by atoms with Crippen LogP contribution in [-0.2, 0) is 0 Å². The molecule has 2 N–H and O–H groups in total. The maximum Gasteiger partial charge on any atom is 0.260 e. The Morgan fingerprint density at radius 1 is 0.900 bits per heavy atom. The molecular weight excluding hydrogens is 392 g/mol. The molecule has 2 aromatic carbocycles. The fourth-order valence-corrected chi connectivity index (χ4v) is 4.63. The molecule has 0 fully saturated rings. The van der Waals surface area contributed by atoms with Gasteiger partial charge in [-0.15, -0.1) is 11.3 Å². The summed E-state index contributed by atoms with van der Waals surface area (Å²) in [6.07, 6.45) is 3.22. The van der Waals surface area contributed by atoms with Crippen molar-refractivity contribution in [1.82, 2.24) is 9.97 Å². The van der Waals surface area contributed by atoms with E-state index in [2.05, 4.69) is 53.3 Å². The van der Waals surface area contributed by atoms with E-state index in [-0.39, 0.29) is 16.9 Å². The number of aromatic amines is 1. The first-order valence-corrected chi connectivity index (χ1v) is 10.4. The van der Waals surface area contributed by atoms with Crippen LogP contribution in [0.15, 0.2) is 83.2 Å². The van der Waals surface area contributed by atoms with Crippen LogP contribution < -0.4 is 5.56 Å². The zero-order valence-electron chi connectivity index (χ0n) is 16.2. The summed E-state index contributed by atoms with van der Waals surface area (Å²) in [5, 5.41) is 13.7. The molecule has 0 aliphatic carbocycles. The molecule has 0 spiro atoms. The summed E-state index contributed by atoms with van der Waals surface area (Å²) < 4.78 is 0. The third kappa shape index (κ3) is 3.09. The van der Waals surface area contributed by atoms with E-state index in [0.29, 0.717) is 15.8 Å². The summed E-state index contributed by atoms with van der Waals surface area (Å²) in [6, 6.07) is 20.2. The summed E-state index contributed by atoms with van der Waals surface area (Å²) in [5.74, 6) is -0.0133. The van der Waals surface area contributed by atoms with Crippen LogP contribution in [0.1, 0.15) is 5.56 Å². The molecule has 5 rings (SSSR count). The highest BCUT2D eigenvalue weighted by atomic mass is 32.1. The van der Waals surface area contributed by atoms with E-state index in [1.807, 2.05) is 17.5 Å². The summed E-state index contributed by atoms with van der Waals surface area (Å²) in [6.45, 7) is 2.07. The molecule has 3 heterocycles. The number of pyridine rings is 2. The van der Waals surface area contributed by atoms with Crippen molar-refractivity contribution in [3.63, 3.8) is 0 Å². The third-order valence-corrected chi connectivity index (χ3v) is 6.15. The molecule has 5 aromatic rings. The van der Waals surface area contributed by atoms with Crippen LogP contribution in [0.3, 0.4) is 0 Å². The maximum absolute atomic E-state index is 12.6. The minimum Gasteiger partial charge on any atom is -0.506 e. The fraction of sp³-hybridized carbons (Fsp3) is 0.0400. The SMILES string of the molecule is Cc1ccc(-c2ccc(-c3csc4[nH]c(=O)c(-c5cccnc5)c(O)c34)cc2)cc1. The van der Waals surface area contributed by atoms with Gasteiger partial charge >= 0.3 is 0 Å². The van der Waals surface area contributed by atoms with Crippen LogP contribution in [0, 0.1) is 6.92 Å². The molecule has 0 atom stereocenters. The van der Waals surface area contributed by atoms with Crippen LogP contribution in [0.2, 0.25) is 0 Å². The van der Waals surface area contributed by atoms with Crippen molar-refractivity contribution < 1.29 is 5.11 Å². The molecule has 0 aliphatic heterocycles. The Hall–Kier alpha value is -3.70. The molecule has 0 bridgehead atoms. The first-order chi connectivity index (χ1) is 14.6. The van der Waals surface area contributed by atoms with E-state index in [4.69, 9.17) is 0 Å². The number of aromatic hydroxyl groups is 1. The number of thiophene rings is 1. The number of nitrogens with one attached hydrogen (secondary N) is 1. The molecule has 0 saturated carbocycles. The van der Waals surface area contributed by atoms with Gasteiger partial charge in [-0.2, -0.15) is 0 Å². The molecule has 0 saturated heterocycles. The second-order valence-electron chi connectivity index (χ2n) is 7.22. The van der Waals surface area contributed by atoms with E-state index in [0.717, 1.165) is 22.3 Å². The molecule has 30 heavy (non-hydrogen) atoms. The van der Waals surface area contributed by atoms with Gasteiger partial charge in [0.15, 0.2) is 0 Å². The van der Waals surface area contributed by atoms with Crippen LogP contribution >= 0.6 is 11.3 Å². The number of fused-ring (bicyclic) bond motifs is 1. The van der Waals surface area contributed by atoms with E-state index < -0.39 is 0 Å². The quantitative estimate of drug-likeness (QED) is 0.383. The Kier molecular flexibility index (Phi) is 4.45. The Labute approximate surface area is 177 Å². The highest BCUT2D eigenvalue weighted by molar-refractivity contribution is 7.17. The average Bonchev–Trinajstić information content (AvgIpc) is 3.19. The molecule has 3 aromatic heterocycles. The van der Waals surface area contributed by atoms with Gasteiger partial charge in [0, 0.05) is 28.9 Å². The van der Waals surface area contributed by atoms with Crippen LogP contribution in [-0.4, -0.2) is 15.1 Å². The molecule has 4 nitrogen and oxygen atoms in total. The first kappa shape index (κ1) is 18.3. The molecular formula is C25H18N2O2S. The number of benzene rings is 2. The molecule has 0 unspecified atom stereocenters. The van der Waals surface area contributed by atoms with E-state index in [1.165, 1.54) is 16.9 Å². The standard InChI is InChI=1S/C25H18N2O2S/c1-15-4-6-16(7-5-15)17-8-10-18(11-9-17)20-14-30-25-22(20)23(28)21(24(29)27-25)19-3-2-12-26-13-19/h2-14H,1H3,(H2,27,28,29). The maximum atomic E-state index is 12.6. The second kappa shape index (κ2) is 7.28. The predicted octanol–water partition coefficient (Wildman–Crippen LogP) is 6.00. The van der Waals surface area contributed by atoms with Crippen molar-refractivity contribution in [2.24, 2.45) is 0 Å². The smallest absolute Gasteiger partial charge is 0.260 e. The van der Waals surface area contributed by atoms with Gasteiger partial charge in [-0.05, 0) is 29.7 Å². The number of aryl methyl sites for hydroxylation is 1. The van der Waals surface area contributed by atoms with Crippen molar-refractivity contribution in [3.8, 4) is 39.1 Å². The Morgan fingerprint density at radius 3 is 2.23 bits per heavy atom. The topological polar surface area (TPSA) is 66.0 Å². The minimum atomic E-state index is -0.323. The van der Waals surface area contributed by atoms with Crippen molar-refractivity contribution >= 4 is 21.6 Å². The van der Waals surface area contributed by atoms with E-state index in [9.17, 15) is 9.90 Å². The van der Waals surface area contributed by atoms with Gasteiger partial charge in [0.2, 0.25) is 0 Å². The summed E-state index contributed by atoms with van der Waals surface area (Å²) in [5.41, 5.74) is 5.91. The lowest BCUT2D eigenvalue weighted by Gasteiger charge is -2.08. The summed E-state index contributed by atoms with van der Waals surface area (Å²) >= 11 is 1.41. The number of H-pyrrole nitrogens is 1. The predicted molar refractivity (Wildman–Crippen MR) is 123 cm³/mol. The molecule has 5 heteroatoms. The average molecular weight is 410 g/mol. The Bertz CT molecular complexity index is 1400. The highest BCUT2D eigenvalue weighted by Crippen LogP contribution is 2.41. The van der Waals surface area contributed by atoms with Crippen molar-refractivity contribution in [3.05, 3.63) is 94.4 Å². The van der Waals surface area contributed by atoms with Crippen LogP contribution in [0.4, 0.5) is 0 Å². The summed E-state index contributed by atoms with van der Waals surface area (Å²) in [4.78, 5) is 20.2. The fourth-order valence-electron chi connectivity index (χ4n) is 3.66. The van der Waals surface area contributed by atoms with E-state index >= 15 is 0 Å². The van der Waals surface area contributed by atoms with Gasteiger partial charge in [0.05, 0.1) is 10.9 Å². The highest BCUT2D eigenvalue weighted by Gasteiger charge is 2.19. The van der Waals surface area contributed by atoms with Crippen molar-refractivity contribution in [1.29, 1.82) is 0 Å². The number of rotatable bonds is 3. The molecule has 0 aliphatic rings. The van der Waals surface area contributed by atoms with Gasteiger partial charge < -0.3 is 10.1 Å². The molecule has 0 amide bonds. The van der Waals surface area contributed by atoms with E-state index in [1.54, 1.807) is 24.5 Å². The lowest BCUT2D eigenvalue weighted by atomic mass is 9.98. The van der Waals surface area contributed by atoms with Crippen molar-refractivity contribution in [2.75, 3.05) is 0 Å². The number of hydrogen-bond acceptors (Lipinski definition) is 4. The number of hydrogen-bond donors (Lipinski definition) is 2. The normalized spacial score (nSPS) is 11.1. The summed E-state index contributed by atoms with van der Waals surface area (Å²) in [7, 11) is 0. The van der Waals surface area contributed by atoms with Gasteiger partial charge in [-0.3, -0.25) is 9.78 Å². The zero-order valence-corrected chi connectivity index (χ0v) is 17.0. The largest absolute Gasteiger partial charge is 0.506 e. The van der Waals surface area contributed by atoms with Crippen LogP contribution in [0.5, 0.6) is 5.75 Å². The van der Waals surface area contributed by atoms with Gasteiger partial charge in [0.25, 0.3) is 5.56 Å². The third-order valence-electron chi connectivity index (χ3n) is 5.25. The Morgan fingerprint density at radius 2 is 1.57 bits per heavy atom. The first-order valence-electron chi connectivity index (χ1n) is 9.56. The van der Waals surface area contributed by atoms with Crippen LogP contribution in [0.25, 0.3) is 43.6 Å². The second-order valence-corrected chi connectivity index (χ2v) is 8.10. The molecule has 0 radical (unpaired) electrons. The van der Waals surface area contributed by atoms with Gasteiger partial charge in [0.1, 0.15) is 10.6 Å². The number of aromatic nitrogens is 2. The Balaban J connectivity index is 1.63. The minimum absolute atomic E-state index is 0.0133. The zero-order chi connectivity index (χ0) is 20.7. The molecule has 146 valence electrons. The van der Waals surface area contributed by atoms with Crippen molar-refractivity contribution in [2.45, 2.75) is 6.92 Å². The lowest BCUT2D eigenvalue weighted by Crippen LogP contribution is -2.08. The van der Waals surface area contributed by atoms with Gasteiger partial charge in [-0.25, -0.2) is 0 Å². The lowest BCUT2D eigenvalue weighted by molar-refractivity contribution is 0.483. The van der Waals surface area contributed by atoms with Gasteiger partial charge in [-0.1, -0.05) is 60.2 Å². The monoisotopic (exact) mass is 410 g/mol.